The van der Waals surface area contributed by atoms with Crippen molar-refractivity contribution in [2.24, 2.45) is 5.92 Å². The molecule has 26 heavy (non-hydrogen) atoms. The highest BCUT2D eigenvalue weighted by Gasteiger charge is 2.36. The van der Waals surface area contributed by atoms with Gasteiger partial charge in [-0.1, -0.05) is 102 Å². The predicted molar refractivity (Wildman–Crippen MR) is 98.2 cm³/mol. The molecule has 1 aliphatic heterocycles. The van der Waals surface area contributed by atoms with Crippen LogP contribution in [0, 0.1) is 5.92 Å². The first kappa shape index (κ1) is 23.8. The second kappa shape index (κ2) is 12.3. The minimum absolute atomic E-state index is 0.973. The van der Waals surface area contributed by atoms with Crippen LogP contribution in [0.15, 0.2) is 0 Å². The zero-order chi connectivity index (χ0) is 19.5. The molecule has 1 atom stereocenters. The fourth-order valence-electron chi connectivity index (χ4n) is 4.03. The van der Waals surface area contributed by atoms with Gasteiger partial charge in [-0.15, -0.1) is 0 Å². The maximum atomic E-state index is 10.7. The van der Waals surface area contributed by atoms with Gasteiger partial charge in [-0.3, -0.25) is 0 Å². The van der Waals surface area contributed by atoms with Crippen LogP contribution >= 0.6 is 0 Å². The van der Waals surface area contributed by atoms with E-state index in [1.54, 1.807) is 0 Å². The van der Waals surface area contributed by atoms with Crippen LogP contribution < -0.4 is 0 Å². The van der Waals surface area contributed by atoms with E-state index in [2.05, 4.69) is 7.28 Å². The Morgan fingerprint density at radius 1 is 0.731 bits per heavy atom. The highest BCUT2D eigenvalue weighted by molar-refractivity contribution is 7.86. The van der Waals surface area contributed by atoms with Gasteiger partial charge in [0.2, 0.25) is 0 Å². The average Bonchev–Trinajstić information content (AvgIpc) is 2.76. The largest absolute Gasteiger partial charge is 0.741 e. The molecule has 0 spiro atoms. The quantitative estimate of drug-likeness (QED) is 0.308. The number of rotatable bonds is 1. The molecule has 0 aromatic carbocycles. The first-order chi connectivity index (χ1) is 12.2. The standard InChI is InChI=1S/C17H32B.CHF3O3S/c1-2-5-9-13-16(12-8-4-1)17-14-10-6-3-7-11-15-18-17;2-1(3,4)8(5,6)7/h16-17H,1-15H2;(H,5,6,7)/p-1. The maximum absolute atomic E-state index is 10.7. The zero-order valence-corrected chi connectivity index (χ0v) is 16.4. The van der Waals surface area contributed by atoms with E-state index in [4.69, 9.17) is 13.0 Å². The summed E-state index contributed by atoms with van der Waals surface area (Å²) in [5.74, 6) is 2.02. The van der Waals surface area contributed by atoms with Crippen molar-refractivity contribution in [2.75, 3.05) is 0 Å². The Bertz CT molecular complexity index is 427. The first-order valence-electron chi connectivity index (χ1n) is 10.1. The second-order valence-electron chi connectivity index (χ2n) is 7.60. The summed E-state index contributed by atoms with van der Waals surface area (Å²) in [5, 5.41) is 0. The Hall–Kier alpha value is -0.235. The third-order valence-electron chi connectivity index (χ3n) is 5.50. The second-order valence-corrected chi connectivity index (χ2v) is 8.97. The van der Waals surface area contributed by atoms with Crippen LogP contribution in [-0.2, 0) is 10.1 Å². The molecule has 153 valence electrons. The van der Waals surface area contributed by atoms with Crippen LogP contribution in [0.4, 0.5) is 13.2 Å². The van der Waals surface area contributed by atoms with Gasteiger partial charge in [0.1, 0.15) is 7.28 Å². The summed E-state index contributed by atoms with van der Waals surface area (Å²) in [5.41, 5.74) is -5.65. The normalized spacial score (nSPS) is 25.0. The summed E-state index contributed by atoms with van der Waals surface area (Å²) in [7, 11) is -3.36. The molecule has 2 fully saturated rings. The van der Waals surface area contributed by atoms with E-state index in [0.717, 1.165) is 11.7 Å². The van der Waals surface area contributed by atoms with E-state index in [-0.39, 0.29) is 0 Å². The third-order valence-corrected chi connectivity index (χ3v) is 6.07. The Kier molecular flexibility index (Phi) is 11.2. The average molecular weight is 396 g/mol. The zero-order valence-electron chi connectivity index (χ0n) is 15.6. The monoisotopic (exact) mass is 396 g/mol. The molecule has 0 bridgehead atoms. The minimum atomic E-state index is -6.09. The Morgan fingerprint density at radius 2 is 1.12 bits per heavy atom. The summed E-state index contributed by atoms with van der Waals surface area (Å²) in [6, 6.07) is 0. The van der Waals surface area contributed by atoms with Crippen molar-refractivity contribution >= 4 is 17.4 Å². The highest BCUT2D eigenvalue weighted by Crippen LogP contribution is 2.36. The van der Waals surface area contributed by atoms with Gasteiger partial charge in [0.05, 0.1) is 0 Å². The lowest BCUT2D eigenvalue weighted by molar-refractivity contribution is -0.0517. The van der Waals surface area contributed by atoms with Crippen molar-refractivity contribution in [1.29, 1.82) is 0 Å². The van der Waals surface area contributed by atoms with Crippen LogP contribution in [-0.4, -0.2) is 25.8 Å². The van der Waals surface area contributed by atoms with E-state index < -0.39 is 15.6 Å². The smallest absolute Gasteiger partial charge is 0.485 e. The molecule has 1 aliphatic carbocycles. The fraction of sp³-hybridized carbons (Fsp3) is 1.00. The molecule has 8 heteroatoms. The van der Waals surface area contributed by atoms with E-state index in [1.165, 1.54) is 96.2 Å². The molecule has 0 aromatic rings. The van der Waals surface area contributed by atoms with Crippen molar-refractivity contribution < 1.29 is 26.1 Å². The lowest BCUT2D eigenvalue weighted by Crippen LogP contribution is -2.21. The SMILES string of the molecule is O=S(=O)([O-])C(F)(F)F.[B]1CCCCCCCC1C1CCCCCCCC1. The van der Waals surface area contributed by atoms with E-state index >= 15 is 0 Å². The van der Waals surface area contributed by atoms with Crippen LogP contribution in [0.25, 0.3) is 0 Å². The van der Waals surface area contributed by atoms with Crippen LogP contribution in [0.5, 0.6) is 0 Å². The topological polar surface area (TPSA) is 57.2 Å². The Morgan fingerprint density at radius 3 is 1.58 bits per heavy atom. The summed E-state index contributed by atoms with van der Waals surface area (Å²) >= 11 is 0. The molecular formula is C18H32BF3O3S-. The molecule has 1 unspecified atom stereocenters. The van der Waals surface area contributed by atoms with E-state index in [1.807, 2.05) is 0 Å². The molecule has 1 heterocycles. The highest BCUT2D eigenvalue weighted by atomic mass is 32.2. The van der Waals surface area contributed by atoms with Gasteiger partial charge in [0.25, 0.3) is 0 Å². The lowest BCUT2D eigenvalue weighted by Gasteiger charge is -2.26. The van der Waals surface area contributed by atoms with E-state index in [0.29, 0.717) is 0 Å². The summed E-state index contributed by atoms with van der Waals surface area (Å²) in [4.78, 5) is 0. The Balaban J connectivity index is 0.000000359. The van der Waals surface area contributed by atoms with Gasteiger partial charge < -0.3 is 4.55 Å². The van der Waals surface area contributed by atoms with Crippen molar-refractivity contribution in [1.82, 2.24) is 0 Å². The fourth-order valence-corrected chi connectivity index (χ4v) is 4.03. The summed E-state index contributed by atoms with van der Waals surface area (Å²) in [6.45, 7) is 0. The van der Waals surface area contributed by atoms with Gasteiger partial charge in [0.15, 0.2) is 10.1 Å². The maximum Gasteiger partial charge on any atom is 0.485 e. The van der Waals surface area contributed by atoms with Crippen LogP contribution in [0.3, 0.4) is 0 Å². The molecule has 3 nitrogen and oxygen atoms in total. The molecule has 0 N–H and O–H groups in total. The minimum Gasteiger partial charge on any atom is -0.741 e. The van der Waals surface area contributed by atoms with Crippen molar-refractivity contribution in [3.8, 4) is 0 Å². The molecule has 2 aliphatic rings. The van der Waals surface area contributed by atoms with Gasteiger partial charge in [-0.25, -0.2) is 8.42 Å². The van der Waals surface area contributed by atoms with Crippen LogP contribution in [0.2, 0.25) is 12.1 Å². The molecule has 2 rings (SSSR count). The number of alkyl halides is 3. The molecule has 1 saturated heterocycles. The number of hydrogen-bond donors (Lipinski definition) is 0. The number of halogens is 3. The van der Waals surface area contributed by atoms with Crippen molar-refractivity contribution in [2.45, 2.75) is 108 Å². The van der Waals surface area contributed by atoms with E-state index in [9.17, 15) is 13.2 Å². The molecular weight excluding hydrogens is 364 g/mol. The number of hydrogen-bond acceptors (Lipinski definition) is 3. The van der Waals surface area contributed by atoms with Crippen molar-refractivity contribution in [3.63, 3.8) is 0 Å². The summed E-state index contributed by atoms with van der Waals surface area (Å²) in [6.07, 6.45) is 22.4. The molecule has 0 amide bonds. The molecule has 0 aromatic heterocycles. The van der Waals surface area contributed by atoms with Crippen LogP contribution in [0.1, 0.15) is 89.9 Å². The Labute approximate surface area is 157 Å². The predicted octanol–water partition coefficient (Wildman–Crippen LogP) is 6.05. The van der Waals surface area contributed by atoms with Gasteiger partial charge in [-0.05, 0) is 5.92 Å². The van der Waals surface area contributed by atoms with Gasteiger partial charge in [0, 0.05) is 0 Å². The van der Waals surface area contributed by atoms with Gasteiger partial charge in [-0.2, -0.15) is 13.2 Å². The molecule has 1 saturated carbocycles. The van der Waals surface area contributed by atoms with Crippen molar-refractivity contribution in [3.05, 3.63) is 0 Å². The first-order valence-corrected chi connectivity index (χ1v) is 11.5. The van der Waals surface area contributed by atoms with Gasteiger partial charge >= 0.3 is 5.51 Å². The molecule has 1 radical (unpaired) electrons. The third kappa shape index (κ3) is 10.2. The summed E-state index contributed by atoms with van der Waals surface area (Å²) < 4.78 is 58.9. The lowest BCUT2D eigenvalue weighted by atomic mass is 9.54.